The Hall–Kier alpha value is -4.39. The van der Waals surface area contributed by atoms with Crippen molar-refractivity contribution in [2.45, 2.75) is 32.2 Å². The van der Waals surface area contributed by atoms with E-state index in [1.807, 2.05) is 67.6 Å². The molecule has 1 aliphatic carbocycles. The molecule has 0 fully saturated rings. The first-order chi connectivity index (χ1) is 17.6. The molecule has 0 spiro atoms. The van der Waals surface area contributed by atoms with Crippen LogP contribution in [0.5, 0.6) is 5.75 Å². The molecule has 4 aromatic rings. The van der Waals surface area contributed by atoms with Crippen LogP contribution in [-0.2, 0) is 12.8 Å². The zero-order chi connectivity index (χ0) is 24.6. The summed E-state index contributed by atoms with van der Waals surface area (Å²) in [4.78, 5) is 19.9. The number of amides is 2. The van der Waals surface area contributed by atoms with Gasteiger partial charge in [0.05, 0.1) is 24.4 Å². The summed E-state index contributed by atoms with van der Waals surface area (Å²) in [7, 11) is 1.62. The summed E-state index contributed by atoms with van der Waals surface area (Å²) < 4.78 is 11.2. The molecule has 0 saturated carbocycles. The van der Waals surface area contributed by atoms with Crippen molar-refractivity contribution in [3.05, 3.63) is 101 Å². The van der Waals surface area contributed by atoms with E-state index < -0.39 is 6.04 Å². The first-order valence-corrected chi connectivity index (χ1v) is 12.1. The summed E-state index contributed by atoms with van der Waals surface area (Å²) in [6.07, 6.45) is 3.28. The number of hydrogen-bond donors (Lipinski definition) is 1. The number of hydrogen-bond acceptors (Lipinski definition) is 5. The molecule has 0 radical (unpaired) electrons. The number of benzene rings is 3. The zero-order valence-corrected chi connectivity index (χ0v) is 20.2. The second kappa shape index (κ2) is 9.00. The maximum Gasteiger partial charge on any atom is 0.326 e. The van der Waals surface area contributed by atoms with Crippen LogP contribution in [0.15, 0.2) is 83.0 Å². The van der Waals surface area contributed by atoms with Gasteiger partial charge in [0, 0.05) is 11.3 Å². The molecule has 2 heterocycles. The zero-order valence-electron chi connectivity index (χ0n) is 20.2. The number of aromatic nitrogens is 2. The Balaban J connectivity index is 1.47. The molecule has 1 atom stereocenters. The highest BCUT2D eigenvalue weighted by atomic mass is 16.5. The van der Waals surface area contributed by atoms with Gasteiger partial charge in [-0.3, -0.25) is 4.90 Å². The summed E-state index contributed by atoms with van der Waals surface area (Å²) in [5, 5.41) is 7.43. The quantitative estimate of drug-likeness (QED) is 0.384. The van der Waals surface area contributed by atoms with Gasteiger partial charge in [-0.2, -0.15) is 4.98 Å². The van der Waals surface area contributed by atoms with Crippen molar-refractivity contribution in [1.29, 1.82) is 0 Å². The Kier molecular flexibility index (Phi) is 5.52. The van der Waals surface area contributed by atoms with Crippen molar-refractivity contribution in [3.63, 3.8) is 0 Å². The van der Waals surface area contributed by atoms with Gasteiger partial charge in [0.2, 0.25) is 5.82 Å². The number of allylic oxidation sites excluding steroid dienone is 1. The molecule has 6 rings (SSSR count). The molecule has 7 heteroatoms. The van der Waals surface area contributed by atoms with Crippen LogP contribution in [0.25, 0.3) is 17.0 Å². The van der Waals surface area contributed by atoms with Gasteiger partial charge in [-0.15, -0.1) is 0 Å². The van der Waals surface area contributed by atoms with Crippen LogP contribution in [0, 0.1) is 0 Å². The molecule has 1 N–H and O–H groups in total. The Morgan fingerprint density at radius 1 is 1.00 bits per heavy atom. The molecule has 1 aliphatic heterocycles. The molecule has 2 amide bonds. The van der Waals surface area contributed by atoms with Crippen LogP contribution >= 0.6 is 0 Å². The van der Waals surface area contributed by atoms with Crippen LogP contribution in [-0.4, -0.2) is 23.3 Å². The van der Waals surface area contributed by atoms with Crippen molar-refractivity contribution >= 4 is 17.3 Å². The van der Waals surface area contributed by atoms with E-state index in [1.54, 1.807) is 12.0 Å². The lowest BCUT2D eigenvalue weighted by molar-refractivity contribution is 0.244. The van der Waals surface area contributed by atoms with Crippen LogP contribution < -0.4 is 15.0 Å². The van der Waals surface area contributed by atoms with Gasteiger partial charge < -0.3 is 14.6 Å². The second-order valence-corrected chi connectivity index (χ2v) is 9.09. The van der Waals surface area contributed by atoms with E-state index in [0.29, 0.717) is 17.5 Å². The second-order valence-electron chi connectivity index (χ2n) is 9.09. The van der Waals surface area contributed by atoms with Crippen molar-refractivity contribution in [2.24, 2.45) is 0 Å². The predicted octanol–water partition coefficient (Wildman–Crippen LogP) is 5.94. The standard InChI is InChI=1S/C29H26N4O3/c1-18-25(28-31-27(32-36-28)22-12-7-13-24(17-22)35-2)26(20-8-4-3-5-9-20)30-29(34)33(18)23-15-14-19-10-6-11-21(19)16-23/h3-5,7-9,12-17,26H,6,10-11H2,1-2H3,(H,30,34). The molecule has 180 valence electrons. The Bertz CT molecular complexity index is 1470. The fourth-order valence-corrected chi connectivity index (χ4v) is 5.14. The number of methoxy groups -OCH3 is 1. The van der Waals surface area contributed by atoms with E-state index in [4.69, 9.17) is 14.2 Å². The fraction of sp³-hybridized carbons (Fsp3) is 0.207. The number of aryl methyl sites for hydroxylation is 2. The summed E-state index contributed by atoms with van der Waals surface area (Å²) in [5.74, 6) is 1.53. The van der Waals surface area contributed by atoms with E-state index in [0.717, 1.165) is 47.3 Å². The number of rotatable bonds is 5. The number of anilines is 1. The van der Waals surface area contributed by atoms with Gasteiger partial charge in [-0.05, 0) is 67.1 Å². The maximum absolute atomic E-state index is 13.5. The monoisotopic (exact) mass is 478 g/mol. The van der Waals surface area contributed by atoms with E-state index >= 15 is 0 Å². The molecular weight excluding hydrogens is 452 g/mol. The van der Waals surface area contributed by atoms with Gasteiger partial charge >= 0.3 is 6.03 Å². The number of fused-ring (bicyclic) bond motifs is 1. The molecular formula is C29H26N4O3. The molecule has 0 saturated heterocycles. The minimum Gasteiger partial charge on any atom is -0.497 e. The topological polar surface area (TPSA) is 80.5 Å². The summed E-state index contributed by atoms with van der Waals surface area (Å²) in [6, 6.07) is 23.0. The normalized spacial score (nSPS) is 17.2. The smallest absolute Gasteiger partial charge is 0.326 e. The third-order valence-electron chi connectivity index (χ3n) is 6.94. The van der Waals surface area contributed by atoms with Crippen molar-refractivity contribution in [1.82, 2.24) is 15.5 Å². The molecule has 36 heavy (non-hydrogen) atoms. The minimum atomic E-state index is -0.428. The van der Waals surface area contributed by atoms with Crippen LogP contribution in [0.4, 0.5) is 10.5 Å². The van der Waals surface area contributed by atoms with E-state index in [9.17, 15) is 4.79 Å². The number of ether oxygens (including phenoxy) is 1. The number of carbonyl (C=O) groups excluding carboxylic acids is 1. The number of carbonyl (C=O) groups is 1. The van der Waals surface area contributed by atoms with Crippen LogP contribution in [0.2, 0.25) is 0 Å². The molecule has 0 bridgehead atoms. The summed E-state index contributed by atoms with van der Waals surface area (Å²) in [6.45, 7) is 1.94. The van der Waals surface area contributed by atoms with E-state index in [-0.39, 0.29) is 6.03 Å². The molecule has 2 aliphatic rings. The lowest BCUT2D eigenvalue weighted by Crippen LogP contribution is -2.46. The van der Waals surface area contributed by atoms with Crippen molar-refractivity contribution in [3.8, 4) is 17.1 Å². The highest BCUT2D eigenvalue weighted by Gasteiger charge is 2.36. The van der Waals surface area contributed by atoms with E-state index in [1.165, 1.54) is 11.1 Å². The first-order valence-electron chi connectivity index (χ1n) is 12.1. The number of nitrogens with one attached hydrogen (secondary N) is 1. The Labute approximate surface area is 209 Å². The van der Waals surface area contributed by atoms with Crippen LogP contribution in [0.1, 0.15) is 42.0 Å². The van der Waals surface area contributed by atoms with E-state index in [2.05, 4.69) is 22.6 Å². The highest BCUT2D eigenvalue weighted by molar-refractivity contribution is 6.01. The SMILES string of the molecule is COc1cccc(-c2noc(C3=C(C)N(c4ccc5c(c4)CCC5)C(=O)NC3c3ccccc3)n2)c1. The summed E-state index contributed by atoms with van der Waals surface area (Å²) in [5.41, 5.74) is 6.75. The fourth-order valence-electron chi connectivity index (χ4n) is 5.14. The maximum atomic E-state index is 13.5. The molecule has 1 unspecified atom stereocenters. The Morgan fingerprint density at radius 3 is 2.67 bits per heavy atom. The lowest BCUT2D eigenvalue weighted by Gasteiger charge is -2.35. The largest absolute Gasteiger partial charge is 0.497 e. The average molecular weight is 479 g/mol. The molecule has 1 aromatic heterocycles. The van der Waals surface area contributed by atoms with Crippen LogP contribution in [0.3, 0.4) is 0 Å². The minimum absolute atomic E-state index is 0.185. The third-order valence-corrected chi connectivity index (χ3v) is 6.94. The van der Waals surface area contributed by atoms with Gasteiger partial charge in [0.1, 0.15) is 5.75 Å². The highest BCUT2D eigenvalue weighted by Crippen LogP contribution is 2.40. The van der Waals surface area contributed by atoms with Gasteiger partial charge in [-0.1, -0.05) is 53.7 Å². The first kappa shape index (κ1) is 22.1. The van der Waals surface area contributed by atoms with Crippen molar-refractivity contribution in [2.75, 3.05) is 12.0 Å². The third kappa shape index (κ3) is 3.82. The predicted molar refractivity (Wildman–Crippen MR) is 138 cm³/mol. The molecule has 7 nitrogen and oxygen atoms in total. The van der Waals surface area contributed by atoms with Gasteiger partial charge in [-0.25, -0.2) is 4.79 Å². The number of nitrogens with zero attached hydrogens (tertiary/aromatic N) is 3. The Morgan fingerprint density at radius 2 is 1.83 bits per heavy atom. The lowest BCUT2D eigenvalue weighted by atomic mass is 9.94. The van der Waals surface area contributed by atoms with Crippen molar-refractivity contribution < 1.29 is 14.1 Å². The average Bonchev–Trinajstić information content (AvgIpc) is 3.59. The molecule has 3 aromatic carbocycles. The van der Waals surface area contributed by atoms with Gasteiger partial charge in [0.15, 0.2) is 0 Å². The summed E-state index contributed by atoms with van der Waals surface area (Å²) >= 11 is 0. The number of urea groups is 1. The van der Waals surface area contributed by atoms with Gasteiger partial charge in [0.25, 0.3) is 5.89 Å².